The van der Waals surface area contributed by atoms with E-state index in [1.54, 1.807) is 6.92 Å². The van der Waals surface area contributed by atoms with Crippen LogP contribution in [0.3, 0.4) is 0 Å². The maximum Gasteiger partial charge on any atom is 0.356 e. The molecule has 1 aliphatic heterocycles. The van der Waals surface area contributed by atoms with Gasteiger partial charge in [-0.1, -0.05) is 5.16 Å². The van der Waals surface area contributed by atoms with Gasteiger partial charge in [-0.15, -0.1) is 0 Å². The molecule has 0 bridgehead atoms. The molecule has 0 radical (unpaired) electrons. The first-order valence-electron chi connectivity index (χ1n) is 5.68. The third-order valence-electron chi connectivity index (χ3n) is 2.39. The van der Waals surface area contributed by atoms with Gasteiger partial charge in [0.15, 0.2) is 11.9 Å². The Hall–Kier alpha value is -2.33. The zero-order valence-electron chi connectivity index (χ0n) is 10.7. The van der Waals surface area contributed by atoms with Crippen LogP contribution in [0, 0.1) is 0 Å². The van der Waals surface area contributed by atoms with Gasteiger partial charge < -0.3 is 36.6 Å². The van der Waals surface area contributed by atoms with Gasteiger partial charge in [0.2, 0.25) is 0 Å². The monoisotopic (exact) mass is 288 g/mol. The molecule has 0 saturated carbocycles. The van der Waals surface area contributed by atoms with Gasteiger partial charge in [-0.3, -0.25) is 4.79 Å². The van der Waals surface area contributed by atoms with Gasteiger partial charge in [0.05, 0.1) is 18.9 Å². The van der Waals surface area contributed by atoms with Gasteiger partial charge in [-0.05, 0) is 6.92 Å². The number of esters is 1. The first-order valence-corrected chi connectivity index (χ1v) is 5.68. The van der Waals surface area contributed by atoms with Crippen molar-refractivity contribution < 1.29 is 29.4 Å². The summed E-state index contributed by atoms with van der Waals surface area (Å²) in [7, 11) is 0. The predicted molar refractivity (Wildman–Crippen MR) is 65.1 cm³/mol. The van der Waals surface area contributed by atoms with Crippen molar-refractivity contribution in [1.82, 2.24) is 5.32 Å². The number of nitrogens with two attached hydrogens (primary N) is 2. The van der Waals surface area contributed by atoms with Crippen molar-refractivity contribution in [2.45, 2.75) is 19.3 Å². The Morgan fingerprint density at radius 3 is 2.50 bits per heavy atom. The van der Waals surface area contributed by atoms with Crippen LogP contribution in [-0.4, -0.2) is 53.4 Å². The van der Waals surface area contributed by atoms with E-state index in [9.17, 15) is 9.59 Å². The van der Waals surface area contributed by atoms with E-state index in [1.807, 2.05) is 0 Å². The molecule has 0 aliphatic carbocycles. The summed E-state index contributed by atoms with van der Waals surface area (Å²) in [5.74, 6) is -1.84. The number of epoxide rings is 1. The molecule has 112 valence electrons. The van der Waals surface area contributed by atoms with Crippen LogP contribution in [0.5, 0.6) is 0 Å². The number of aliphatic hydroxyl groups excluding tert-OH is 1. The molecule has 1 heterocycles. The van der Waals surface area contributed by atoms with E-state index in [4.69, 9.17) is 26.5 Å². The van der Waals surface area contributed by atoms with Gasteiger partial charge in [0.1, 0.15) is 11.8 Å². The maximum atomic E-state index is 11.7. The lowest BCUT2D eigenvalue weighted by Crippen LogP contribution is -2.39. The van der Waals surface area contributed by atoms with Crippen molar-refractivity contribution in [1.29, 1.82) is 0 Å². The first-order chi connectivity index (χ1) is 9.46. The van der Waals surface area contributed by atoms with Crippen LogP contribution in [0.25, 0.3) is 0 Å². The topological polar surface area (TPSA) is 173 Å². The molecular weight excluding hydrogens is 272 g/mol. The molecule has 2 atom stereocenters. The molecule has 0 spiro atoms. The molecule has 10 heteroatoms. The lowest BCUT2D eigenvalue weighted by atomic mass is 10.2. The van der Waals surface area contributed by atoms with Crippen molar-refractivity contribution >= 4 is 17.6 Å². The summed E-state index contributed by atoms with van der Waals surface area (Å²) < 4.78 is 9.46. The number of nitrogens with one attached hydrogen (secondary N) is 1. The highest BCUT2D eigenvalue weighted by atomic mass is 16.6. The fourth-order valence-electron chi connectivity index (χ4n) is 1.27. The van der Waals surface area contributed by atoms with E-state index in [-0.39, 0.29) is 13.2 Å². The Balaban J connectivity index is 2.77. The molecule has 1 fully saturated rings. The van der Waals surface area contributed by atoms with Crippen LogP contribution >= 0.6 is 0 Å². The highest BCUT2D eigenvalue weighted by Crippen LogP contribution is 2.18. The van der Waals surface area contributed by atoms with Crippen molar-refractivity contribution in [3.63, 3.8) is 0 Å². The third kappa shape index (κ3) is 3.59. The number of hydrogen-bond acceptors (Lipinski definition) is 9. The number of rotatable bonds is 6. The Labute approximate surface area is 114 Å². The summed E-state index contributed by atoms with van der Waals surface area (Å²) in [6.07, 6.45) is -1.23. The minimum atomic E-state index is -0.935. The molecule has 1 saturated heterocycles. The summed E-state index contributed by atoms with van der Waals surface area (Å²) in [4.78, 5) is 23.1. The Bertz CT molecular complexity index is 461. The van der Waals surface area contributed by atoms with Crippen LogP contribution in [-0.2, 0) is 19.1 Å². The Morgan fingerprint density at radius 2 is 2.05 bits per heavy atom. The van der Waals surface area contributed by atoms with E-state index in [0.29, 0.717) is 0 Å². The van der Waals surface area contributed by atoms with Crippen molar-refractivity contribution in [2.75, 3.05) is 13.2 Å². The average molecular weight is 288 g/mol. The van der Waals surface area contributed by atoms with Crippen LogP contribution < -0.4 is 16.8 Å². The highest BCUT2D eigenvalue weighted by Gasteiger charge is 2.40. The standard InChI is InChI=1S/C10H16N4O6/c1-2-19-10(17)6(12)5(11)7(14-18)8(16)13-9-4(3-15)20-9/h4,9,15,18H,2-3,11-12H2,1H3,(H,13,16). The van der Waals surface area contributed by atoms with Crippen LogP contribution in [0.15, 0.2) is 16.5 Å². The van der Waals surface area contributed by atoms with Crippen LogP contribution in [0.2, 0.25) is 0 Å². The third-order valence-corrected chi connectivity index (χ3v) is 2.39. The number of carbonyl (C=O) groups is 2. The second kappa shape index (κ2) is 6.73. The van der Waals surface area contributed by atoms with Gasteiger partial charge >= 0.3 is 5.97 Å². The fourth-order valence-corrected chi connectivity index (χ4v) is 1.27. The zero-order chi connectivity index (χ0) is 15.3. The van der Waals surface area contributed by atoms with E-state index >= 15 is 0 Å². The minimum Gasteiger partial charge on any atom is -0.461 e. The number of oxime groups is 1. The van der Waals surface area contributed by atoms with E-state index < -0.39 is 41.3 Å². The van der Waals surface area contributed by atoms with Gasteiger partial charge in [-0.2, -0.15) is 0 Å². The lowest BCUT2D eigenvalue weighted by Gasteiger charge is -2.08. The Kier molecular flexibility index (Phi) is 5.29. The van der Waals surface area contributed by atoms with Gasteiger partial charge in [0, 0.05) is 0 Å². The molecule has 2 unspecified atom stereocenters. The predicted octanol–water partition coefficient (Wildman–Crippen LogP) is -2.66. The fraction of sp³-hybridized carbons (Fsp3) is 0.500. The summed E-state index contributed by atoms with van der Waals surface area (Å²) in [6.45, 7) is 1.36. The molecule has 20 heavy (non-hydrogen) atoms. The molecule has 1 amide bonds. The molecule has 0 aromatic heterocycles. The summed E-state index contributed by atoms with van der Waals surface area (Å²) >= 11 is 0. The second-order valence-electron chi connectivity index (χ2n) is 3.75. The molecule has 0 aromatic rings. The molecule has 1 rings (SSSR count). The number of hydrogen-bond donors (Lipinski definition) is 5. The van der Waals surface area contributed by atoms with Crippen LogP contribution in [0.4, 0.5) is 0 Å². The van der Waals surface area contributed by atoms with E-state index in [2.05, 4.69) is 15.2 Å². The Morgan fingerprint density at radius 1 is 1.40 bits per heavy atom. The van der Waals surface area contributed by atoms with Gasteiger partial charge in [-0.25, -0.2) is 4.79 Å². The number of ether oxygens (including phenoxy) is 2. The molecule has 7 N–H and O–H groups in total. The summed E-state index contributed by atoms with van der Waals surface area (Å²) in [5, 5.41) is 22.5. The zero-order valence-corrected chi connectivity index (χ0v) is 10.7. The first kappa shape index (κ1) is 15.7. The maximum absolute atomic E-state index is 11.7. The van der Waals surface area contributed by atoms with E-state index in [0.717, 1.165) is 0 Å². The summed E-state index contributed by atoms with van der Waals surface area (Å²) in [5.41, 5.74) is 9.15. The van der Waals surface area contributed by atoms with Gasteiger partial charge in [0.25, 0.3) is 5.91 Å². The van der Waals surface area contributed by atoms with Crippen molar-refractivity contribution in [3.8, 4) is 0 Å². The summed E-state index contributed by atoms with van der Waals surface area (Å²) in [6, 6.07) is 0. The molecule has 10 nitrogen and oxygen atoms in total. The lowest BCUT2D eigenvalue weighted by molar-refractivity contribution is -0.138. The van der Waals surface area contributed by atoms with Crippen LogP contribution in [0.1, 0.15) is 6.92 Å². The number of aliphatic hydroxyl groups is 1. The minimum absolute atomic E-state index is 0.0682. The highest BCUT2D eigenvalue weighted by molar-refractivity contribution is 6.45. The molecular formula is C10H16N4O6. The quantitative estimate of drug-likeness (QED) is 0.0879. The smallest absolute Gasteiger partial charge is 0.356 e. The molecule has 1 aliphatic rings. The number of nitrogens with zero attached hydrogens (tertiary/aromatic N) is 1. The number of amides is 1. The number of carbonyl (C=O) groups excluding carboxylic acids is 2. The molecule has 0 aromatic carbocycles. The second-order valence-corrected chi connectivity index (χ2v) is 3.75. The normalized spacial score (nSPS) is 22.8. The SMILES string of the molecule is CCOC(=O)C(N)=C(N)C(=NO)C(=O)NC1OC1CO. The van der Waals surface area contributed by atoms with E-state index in [1.165, 1.54) is 0 Å². The largest absolute Gasteiger partial charge is 0.461 e. The average Bonchev–Trinajstić information content (AvgIpc) is 3.16. The van der Waals surface area contributed by atoms with Crippen molar-refractivity contribution in [2.24, 2.45) is 16.6 Å². The van der Waals surface area contributed by atoms with Crippen molar-refractivity contribution in [3.05, 3.63) is 11.4 Å².